The van der Waals surface area contributed by atoms with Gasteiger partial charge in [-0.2, -0.15) is 12.6 Å². The molecule has 0 aromatic carbocycles. The van der Waals surface area contributed by atoms with Crippen LogP contribution in [-0.4, -0.2) is 12.7 Å². The van der Waals surface area contributed by atoms with Crippen molar-refractivity contribution >= 4 is 12.6 Å². The molecular weight excluding hydrogens is 144 g/mol. The Morgan fingerprint density at radius 2 is 2.10 bits per heavy atom. The quantitative estimate of drug-likeness (QED) is 0.488. The van der Waals surface area contributed by atoms with Crippen molar-refractivity contribution in [2.45, 2.75) is 20.0 Å². The largest absolute Gasteiger partial charge is 0.375 e. The molecule has 0 radical (unpaired) electrons. The van der Waals surface area contributed by atoms with E-state index in [0.29, 0.717) is 12.7 Å². The van der Waals surface area contributed by atoms with Gasteiger partial charge in [-0.1, -0.05) is 18.2 Å². The van der Waals surface area contributed by atoms with Crippen molar-refractivity contribution < 1.29 is 4.74 Å². The van der Waals surface area contributed by atoms with Crippen LogP contribution >= 0.6 is 12.6 Å². The molecule has 0 heterocycles. The molecule has 2 heteroatoms. The van der Waals surface area contributed by atoms with Gasteiger partial charge in [0.15, 0.2) is 0 Å². The zero-order chi connectivity index (χ0) is 7.82. The molecular formula is C8H14OS. The monoisotopic (exact) mass is 158 g/mol. The molecule has 0 aliphatic rings. The Hall–Kier alpha value is -0.210. The predicted octanol–water partition coefficient (Wildman–Crippen LogP) is 2.41. The maximum atomic E-state index is 5.24. The van der Waals surface area contributed by atoms with Gasteiger partial charge in [0.05, 0.1) is 12.7 Å². The number of ether oxygens (including phenoxy) is 1. The van der Waals surface area contributed by atoms with E-state index in [2.05, 4.69) is 12.6 Å². The van der Waals surface area contributed by atoms with Crippen LogP contribution in [-0.2, 0) is 4.74 Å². The first kappa shape index (κ1) is 9.79. The number of thiol groups is 1. The molecule has 0 aromatic heterocycles. The van der Waals surface area contributed by atoms with Crippen LogP contribution in [0.3, 0.4) is 0 Å². The van der Waals surface area contributed by atoms with Crippen LogP contribution in [0.15, 0.2) is 23.6 Å². The lowest BCUT2D eigenvalue weighted by atomic mass is 10.4. The summed E-state index contributed by atoms with van der Waals surface area (Å²) in [5.74, 6) is 0. The van der Waals surface area contributed by atoms with Gasteiger partial charge in [-0.3, -0.25) is 0 Å². The van der Waals surface area contributed by atoms with Gasteiger partial charge in [0, 0.05) is 0 Å². The Morgan fingerprint density at radius 1 is 1.40 bits per heavy atom. The molecule has 0 aromatic rings. The van der Waals surface area contributed by atoms with Crippen LogP contribution in [0, 0.1) is 0 Å². The standard InChI is InChI=1S/C8H14OS/c1-8(2)9-6-4-3-5-7-10/h3-5,7-8,10H,6H2,1-2H3/b4-3+,7-5-. The van der Waals surface area contributed by atoms with Gasteiger partial charge in [-0.05, 0) is 19.3 Å². The van der Waals surface area contributed by atoms with E-state index in [4.69, 9.17) is 4.74 Å². The first-order valence-corrected chi connectivity index (χ1v) is 3.86. The van der Waals surface area contributed by atoms with E-state index in [1.807, 2.05) is 32.1 Å². The van der Waals surface area contributed by atoms with Gasteiger partial charge >= 0.3 is 0 Å². The minimum Gasteiger partial charge on any atom is -0.375 e. The zero-order valence-corrected chi connectivity index (χ0v) is 7.34. The Kier molecular flexibility index (Phi) is 6.76. The third kappa shape index (κ3) is 7.79. The van der Waals surface area contributed by atoms with E-state index in [0.717, 1.165) is 0 Å². The Balaban J connectivity index is 3.18. The predicted molar refractivity (Wildman–Crippen MR) is 48.4 cm³/mol. The summed E-state index contributed by atoms with van der Waals surface area (Å²) in [6.45, 7) is 4.71. The maximum Gasteiger partial charge on any atom is 0.0653 e. The van der Waals surface area contributed by atoms with E-state index in [-0.39, 0.29) is 0 Å². The zero-order valence-electron chi connectivity index (χ0n) is 6.45. The van der Waals surface area contributed by atoms with Crippen molar-refractivity contribution in [2.24, 2.45) is 0 Å². The molecule has 0 unspecified atom stereocenters. The molecule has 0 spiro atoms. The van der Waals surface area contributed by atoms with Crippen molar-refractivity contribution in [1.29, 1.82) is 0 Å². The van der Waals surface area contributed by atoms with Gasteiger partial charge in [0.25, 0.3) is 0 Å². The lowest BCUT2D eigenvalue weighted by molar-refractivity contribution is 0.102. The summed E-state index contributed by atoms with van der Waals surface area (Å²) in [6, 6.07) is 0. The Morgan fingerprint density at radius 3 is 2.60 bits per heavy atom. The van der Waals surface area contributed by atoms with Crippen molar-refractivity contribution in [2.75, 3.05) is 6.61 Å². The van der Waals surface area contributed by atoms with Crippen LogP contribution in [0.4, 0.5) is 0 Å². The van der Waals surface area contributed by atoms with Gasteiger partial charge in [0.1, 0.15) is 0 Å². The second-order valence-electron chi connectivity index (χ2n) is 2.15. The van der Waals surface area contributed by atoms with E-state index < -0.39 is 0 Å². The first-order chi connectivity index (χ1) is 4.77. The number of rotatable bonds is 4. The fraction of sp³-hybridized carbons (Fsp3) is 0.500. The molecule has 1 nitrogen and oxygen atoms in total. The smallest absolute Gasteiger partial charge is 0.0653 e. The summed E-state index contributed by atoms with van der Waals surface area (Å²) in [5.41, 5.74) is 0. The molecule has 0 saturated carbocycles. The fourth-order valence-electron chi connectivity index (χ4n) is 0.432. The first-order valence-electron chi connectivity index (χ1n) is 3.35. The lowest BCUT2D eigenvalue weighted by Gasteiger charge is -2.01. The summed E-state index contributed by atoms with van der Waals surface area (Å²) in [7, 11) is 0. The Labute approximate surface area is 68.2 Å². The molecule has 0 aliphatic carbocycles. The summed E-state index contributed by atoms with van der Waals surface area (Å²) < 4.78 is 5.24. The third-order valence-electron chi connectivity index (χ3n) is 0.859. The van der Waals surface area contributed by atoms with Crippen LogP contribution in [0.5, 0.6) is 0 Å². The van der Waals surface area contributed by atoms with Crippen LogP contribution < -0.4 is 0 Å². The summed E-state index contributed by atoms with van der Waals surface area (Å²) in [4.78, 5) is 0. The van der Waals surface area contributed by atoms with Crippen LogP contribution in [0.2, 0.25) is 0 Å². The minimum absolute atomic E-state index is 0.310. The van der Waals surface area contributed by atoms with Gasteiger partial charge in [-0.25, -0.2) is 0 Å². The molecule has 0 amide bonds. The molecule has 0 bridgehead atoms. The highest BCUT2D eigenvalue weighted by atomic mass is 32.1. The van der Waals surface area contributed by atoms with Gasteiger partial charge < -0.3 is 4.74 Å². The average Bonchev–Trinajstić information content (AvgIpc) is 1.87. The van der Waals surface area contributed by atoms with Crippen molar-refractivity contribution in [3.63, 3.8) is 0 Å². The highest BCUT2D eigenvalue weighted by Gasteiger charge is 1.86. The van der Waals surface area contributed by atoms with E-state index >= 15 is 0 Å². The molecule has 10 heavy (non-hydrogen) atoms. The van der Waals surface area contributed by atoms with E-state index in [9.17, 15) is 0 Å². The number of hydrogen-bond acceptors (Lipinski definition) is 2. The molecule has 0 fully saturated rings. The topological polar surface area (TPSA) is 9.23 Å². The molecule has 0 saturated heterocycles. The van der Waals surface area contributed by atoms with Crippen molar-refractivity contribution in [3.05, 3.63) is 23.6 Å². The molecule has 0 atom stereocenters. The number of allylic oxidation sites excluding steroid dienone is 2. The van der Waals surface area contributed by atoms with Crippen molar-refractivity contribution in [1.82, 2.24) is 0 Å². The van der Waals surface area contributed by atoms with Gasteiger partial charge in [-0.15, -0.1) is 0 Å². The van der Waals surface area contributed by atoms with E-state index in [1.165, 1.54) is 0 Å². The average molecular weight is 158 g/mol. The summed E-state index contributed by atoms with van der Waals surface area (Å²) in [6.07, 6.45) is 6.03. The Bertz CT molecular complexity index is 116. The van der Waals surface area contributed by atoms with E-state index in [1.54, 1.807) is 5.41 Å². The van der Waals surface area contributed by atoms with Gasteiger partial charge in [0.2, 0.25) is 0 Å². The molecule has 0 rings (SSSR count). The summed E-state index contributed by atoms with van der Waals surface area (Å²) in [5, 5.41) is 1.69. The highest BCUT2D eigenvalue weighted by molar-refractivity contribution is 7.83. The molecule has 0 N–H and O–H groups in total. The number of hydrogen-bond donors (Lipinski definition) is 1. The molecule has 0 aliphatic heterocycles. The van der Waals surface area contributed by atoms with Crippen LogP contribution in [0.25, 0.3) is 0 Å². The molecule has 58 valence electrons. The second kappa shape index (κ2) is 6.90. The maximum absolute atomic E-state index is 5.24. The minimum atomic E-state index is 0.310. The second-order valence-corrected chi connectivity index (χ2v) is 2.45. The summed E-state index contributed by atoms with van der Waals surface area (Å²) >= 11 is 3.89. The SMILES string of the molecule is CC(C)OC/C=C/C=C\S. The van der Waals surface area contributed by atoms with Crippen molar-refractivity contribution in [3.8, 4) is 0 Å². The normalized spacial score (nSPS) is 12.4. The van der Waals surface area contributed by atoms with Crippen LogP contribution in [0.1, 0.15) is 13.8 Å². The third-order valence-corrected chi connectivity index (χ3v) is 1.03. The fourth-order valence-corrected chi connectivity index (χ4v) is 0.531. The lowest BCUT2D eigenvalue weighted by Crippen LogP contribution is -2.01. The highest BCUT2D eigenvalue weighted by Crippen LogP contribution is 1.88.